The Morgan fingerprint density at radius 1 is 0.214 bits per heavy atom. The third-order valence-corrected chi connectivity index (χ3v) is 13.3. The zero-order valence-corrected chi connectivity index (χ0v) is 62.6. The molecule has 0 radical (unpaired) electrons. The van der Waals surface area contributed by atoms with Gasteiger partial charge in [0.15, 0.2) is 0 Å². The van der Waals surface area contributed by atoms with E-state index in [2.05, 4.69) is 28.4 Å². The molecule has 0 aromatic rings. The summed E-state index contributed by atoms with van der Waals surface area (Å²) in [6.45, 7) is 3.37. The average Bonchev–Trinajstić information content (AvgIpc) is 0.680. The van der Waals surface area contributed by atoms with E-state index in [1.54, 1.807) is 0 Å². The van der Waals surface area contributed by atoms with Crippen LogP contribution in [0.4, 0.5) is 224 Å². The van der Waals surface area contributed by atoms with E-state index in [0.29, 0.717) is 0 Å². The summed E-state index contributed by atoms with van der Waals surface area (Å²) in [6, 6.07) is 0. The van der Waals surface area contributed by atoms with E-state index in [4.69, 9.17) is 19.3 Å². The first-order chi connectivity index (χ1) is 57.4. The highest BCUT2D eigenvalue weighted by atomic mass is 19.5. The lowest BCUT2D eigenvalue weighted by Crippen LogP contribution is -2.76. The second-order valence-corrected chi connectivity index (χ2v) is 22.7. The molecule has 0 amide bonds. The van der Waals surface area contributed by atoms with E-state index >= 15 is 0 Å². The number of alkyl halides is 51. The highest BCUT2D eigenvalue weighted by molar-refractivity contribution is 5.81. The zero-order valence-electron chi connectivity index (χ0n) is 62.6. The first-order valence-electron chi connectivity index (χ1n) is 30.1. The smallest absolute Gasteiger partial charge is 0.469 e. The molecule has 0 aliphatic carbocycles. The maximum absolute atomic E-state index is 14.8. The summed E-state index contributed by atoms with van der Waals surface area (Å²) < 4.78 is 747. The number of hydrogen-bond donors (Lipinski definition) is 1. The minimum atomic E-state index is -10.3. The molecule has 0 bridgehead atoms. The molecular weight excluding hydrogens is 2040 g/mol. The van der Waals surface area contributed by atoms with Gasteiger partial charge in [0, 0.05) is 12.5 Å². The van der Waals surface area contributed by atoms with Crippen LogP contribution in [-0.2, 0) is 128 Å². The van der Waals surface area contributed by atoms with Crippen molar-refractivity contribution in [2.75, 3.05) is 89.4 Å². The van der Waals surface area contributed by atoms with Crippen LogP contribution >= 0.6 is 0 Å². The molecule has 0 saturated carbocycles. The predicted octanol–water partition coefficient (Wildman–Crippen LogP) is 14.1. The fourth-order valence-electron chi connectivity index (χ4n) is 7.27. The van der Waals surface area contributed by atoms with Crippen molar-refractivity contribution in [1.29, 1.82) is 0 Å². The normalized spacial score (nSPS) is 14.5. The van der Waals surface area contributed by atoms with E-state index in [0.717, 1.165) is 21.3 Å². The highest BCUT2D eigenvalue weighted by Gasteiger charge is 3.00. The van der Waals surface area contributed by atoms with Crippen LogP contribution in [0.2, 0.25) is 0 Å². The zero-order chi connectivity index (χ0) is 106. The molecule has 0 aliphatic heterocycles. The molecule has 0 rings (SSSR count). The molecule has 0 heterocycles. The van der Waals surface area contributed by atoms with Gasteiger partial charge in [0.2, 0.25) is 0 Å². The van der Waals surface area contributed by atoms with E-state index in [-0.39, 0.29) is 98.1 Å². The molecule has 131 heavy (non-hydrogen) atoms. The van der Waals surface area contributed by atoms with Crippen LogP contribution in [0.3, 0.4) is 0 Å². The Bertz CT molecular complexity index is 3430. The molecule has 0 atom stereocenters. The fourth-order valence-corrected chi connectivity index (χ4v) is 7.27. The van der Waals surface area contributed by atoms with Crippen molar-refractivity contribution in [3.63, 3.8) is 0 Å². The molecule has 0 fully saturated rings. The molecular formula is C52H43F51O28. The Morgan fingerprint density at radius 2 is 0.351 bits per heavy atom. The Balaban J connectivity index is -0.000000970. The third-order valence-electron chi connectivity index (χ3n) is 13.3. The van der Waals surface area contributed by atoms with Crippen molar-refractivity contribution in [3.8, 4) is 0 Å². The number of esters is 9. The monoisotopic (exact) mass is 2080 g/mol. The first kappa shape index (κ1) is 129. The van der Waals surface area contributed by atoms with Crippen LogP contribution in [0.1, 0.15) is 26.2 Å². The van der Waals surface area contributed by atoms with Crippen molar-refractivity contribution in [1.82, 2.24) is 0 Å². The molecule has 776 valence electrons. The summed E-state index contributed by atoms with van der Waals surface area (Å²) in [6.07, 6.45) is -147. The van der Waals surface area contributed by atoms with Crippen LogP contribution in [0.25, 0.3) is 0 Å². The molecule has 0 aromatic heterocycles. The average molecular weight is 2080 g/mol. The molecule has 0 unspecified atom stereocenters. The molecule has 79 heteroatoms. The van der Waals surface area contributed by atoms with Gasteiger partial charge in [0.05, 0.1) is 102 Å². The van der Waals surface area contributed by atoms with Crippen LogP contribution in [0, 0.1) is 16.2 Å². The number of rotatable bonds is 45. The van der Waals surface area contributed by atoms with E-state index in [1.807, 2.05) is 6.92 Å². The number of aliphatic hydroxyl groups is 1. The van der Waals surface area contributed by atoms with Gasteiger partial charge in [-0.05, 0) is 0 Å². The lowest BCUT2D eigenvalue weighted by Gasteiger charge is -2.49. The van der Waals surface area contributed by atoms with Gasteiger partial charge < -0.3 is 61.9 Å². The molecule has 0 spiro atoms. The van der Waals surface area contributed by atoms with E-state index in [1.165, 1.54) is 49.8 Å². The number of hydrogen-bond acceptors (Lipinski definition) is 28. The Morgan fingerprint density at radius 3 is 0.466 bits per heavy atom. The second-order valence-electron chi connectivity index (χ2n) is 22.7. The van der Waals surface area contributed by atoms with Crippen molar-refractivity contribution >= 4 is 53.7 Å². The quantitative estimate of drug-likeness (QED) is 0.0256. The van der Waals surface area contributed by atoms with Gasteiger partial charge in [-0.2, -0.15) is 184 Å². The SMILES string of the molecule is CO.COC(=O)C(F)(F)C(F)(F)OC(F)(F)C(C(F)(F)F)(C(F)(F)OC(F)(F)C(F)(F)C(=O)OC)C(F)(F)OC(F)(F)C(F)(F)C(=O)OC.COC(=O)CCOCC(C)(COCCC(=O)OC)COCCC(=O)OC.O=C(OC(F)(F)F)C(F)(F)C(F)(F)OC(F)(F)C(C(F)(F)F)(C(F)(F)OC(F)(F)C(F)(F)C(=O)OC(F)(F)F)C(F)(F)OC(F)(F)C(F)(F)C(=O)OC(F)(F)F. The van der Waals surface area contributed by atoms with Gasteiger partial charge >= 0.3 is 205 Å². The topological polar surface area (TPSA) is 340 Å². The number of aliphatic hydroxyl groups excluding tert-OH is 1. The van der Waals surface area contributed by atoms with Crippen LogP contribution in [-0.4, -0.2) is 289 Å². The predicted molar refractivity (Wildman–Crippen MR) is 284 cm³/mol. The van der Waals surface area contributed by atoms with Crippen LogP contribution < -0.4 is 0 Å². The molecule has 0 aliphatic rings. The molecule has 28 nitrogen and oxygen atoms in total. The maximum Gasteiger partial charge on any atom is 0.575 e. The summed E-state index contributed by atoms with van der Waals surface area (Å²) in [4.78, 5) is 97.8. The lowest BCUT2D eigenvalue weighted by atomic mass is 9.81. The number of methoxy groups -OCH3 is 6. The minimum Gasteiger partial charge on any atom is -0.469 e. The third kappa shape index (κ3) is 29.9. The molecule has 0 aromatic carbocycles. The van der Waals surface area contributed by atoms with Gasteiger partial charge in [0.25, 0.3) is 0 Å². The van der Waals surface area contributed by atoms with Gasteiger partial charge in [-0.15, -0.1) is 39.5 Å². The van der Waals surface area contributed by atoms with Gasteiger partial charge in [-0.25, -0.2) is 57.2 Å². The summed E-state index contributed by atoms with van der Waals surface area (Å²) in [5, 5.41) is 7.00. The van der Waals surface area contributed by atoms with Gasteiger partial charge in [-0.3, -0.25) is 14.4 Å². The lowest BCUT2D eigenvalue weighted by molar-refractivity contribution is -0.604. The van der Waals surface area contributed by atoms with E-state index in [9.17, 15) is 267 Å². The number of carbonyl (C=O) groups is 9. The maximum atomic E-state index is 14.8. The Labute approximate surface area is 683 Å². The minimum absolute atomic E-state index is 0.152. The fraction of sp³-hybridized carbons (Fsp3) is 0.827. The Hall–Kier alpha value is -8.74. The van der Waals surface area contributed by atoms with Crippen molar-refractivity contribution in [3.05, 3.63) is 0 Å². The first-order valence-corrected chi connectivity index (χ1v) is 30.1. The second kappa shape index (κ2) is 43.3. The largest absolute Gasteiger partial charge is 0.575 e. The number of halogens is 51. The highest BCUT2D eigenvalue weighted by Crippen LogP contribution is 2.72. The van der Waals surface area contributed by atoms with Crippen LogP contribution in [0.15, 0.2) is 0 Å². The summed E-state index contributed by atoms with van der Waals surface area (Å²) in [7, 11) is 3.87. The van der Waals surface area contributed by atoms with E-state index < -0.39 is 192 Å². The molecule has 0 saturated heterocycles. The number of ether oxygens (including phenoxy) is 18. The summed E-state index contributed by atoms with van der Waals surface area (Å²) in [5.41, 5.74) is -20.3. The Kier molecular flexibility index (Phi) is 42.5. The molecule has 1 N–H and O–H groups in total. The van der Waals surface area contributed by atoms with Crippen molar-refractivity contribution in [2.45, 2.75) is 166 Å². The summed E-state index contributed by atoms with van der Waals surface area (Å²) >= 11 is 0. The standard InChI is InChI=1S/C17F30O9.C17H9F21O9.C17H30O9.CH4O/c18-4(19,1(48)51-15(39,40)41)9(27,28)54-12(33,34)7(8(24,25)26,13(35,36)55-10(29,30)5(20,21)2(49)52-16(42,43)44)14(37,38)56-11(31,32)6(22,23)3(50)53-17(45,46)47;1-42-4(39)7(18,19)12(27,28)45-15(33,34)10(11(24,25)26,16(35,36)46-13(29,30)8(20,21)5(40)43-2)17(37,38)47-14(31,32)9(22,23)6(41)44-3;1-17(11-24-8-5-14(18)21-2,12-25-9-6-15(19)22-3)13-26-10-7-16(20)23-4;1-2/h;1-3H3;5-13H2,1-4H3;2H,1H3. The van der Waals surface area contributed by atoms with Gasteiger partial charge in [-0.1, -0.05) is 6.92 Å². The van der Waals surface area contributed by atoms with Crippen molar-refractivity contribution in [2.24, 2.45) is 16.2 Å². The van der Waals surface area contributed by atoms with Gasteiger partial charge in [0.1, 0.15) is 0 Å². The van der Waals surface area contributed by atoms with Crippen LogP contribution in [0.5, 0.6) is 0 Å². The van der Waals surface area contributed by atoms with Crippen molar-refractivity contribution < 1.29 is 357 Å². The summed E-state index contributed by atoms with van der Waals surface area (Å²) in [5.74, 6) is -75.0. The number of carbonyl (C=O) groups excluding carboxylic acids is 9.